The van der Waals surface area contributed by atoms with Crippen LogP contribution >= 0.6 is 23.1 Å². The number of rotatable bonds is 9. The zero-order valence-corrected chi connectivity index (χ0v) is 21.3. The Labute approximate surface area is 218 Å². The van der Waals surface area contributed by atoms with Gasteiger partial charge in [0.25, 0.3) is 0 Å². The Morgan fingerprint density at radius 1 is 1.00 bits per heavy atom. The van der Waals surface area contributed by atoms with Gasteiger partial charge >= 0.3 is 0 Å². The number of carbonyl (C=O) groups excluding carboxylic acids is 2. The zero-order valence-electron chi connectivity index (χ0n) is 19.6. The molecule has 0 aliphatic heterocycles. The molecule has 1 aromatic heterocycles. The first-order valence-electron chi connectivity index (χ1n) is 11.6. The molecule has 1 fully saturated rings. The highest BCUT2D eigenvalue weighted by molar-refractivity contribution is 8.00. The third-order valence-corrected chi connectivity index (χ3v) is 7.75. The van der Waals surface area contributed by atoms with E-state index in [2.05, 4.69) is 15.6 Å². The Bertz CT molecular complexity index is 1370. The van der Waals surface area contributed by atoms with Gasteiger partial charge in [0.2, 0.25) is 11.8 Å². The molecule has 1 unspecified atom stereocenters. The number of nitrogens with one attached hydrogen (secondary N) is 2. The third-order valence-electron chi connectivity index (χ3n) is 5.74. The fourth-order valence-corrected chi connectivity index (χ4v) is 5.50. The van der Waals surface area contributed by atoms with Crippen molar-refractivity contribution >= 4 is 45.7 Å². The summed E-state index contributed by atoms with van der Waals surface area (Å²) in [5.41, 5.74) is 3.33. The van der Waals surface area contributed by atoms with Crippen LogP contribution in [0.1, 0.15) is 23.7 Å². The van der Waals surface area contributed by atoms with Gasteiger partial charge in [0.15, 0.2) is 5.13 Å². The van der Waals surface area contributed by atoms with Gasteiger partial charge in [-0.2, -0.15) is 0 Å². The molecule has 0 saturated heterocycles. The van der Waals surface area contributed by atoms with Gasteiger partial charge < -0.3 is 15.4 Å². The van der Waals surface area contributed by atoms with Crippen molar-refractivity contribution in [3.63, 3.8) is 0 Å². The topological polar surface area (TPSA) is 80.3 Å². The number of hydrogen-bond donors (Lipinski definition) is 2. The lowest BCUT2D eigenvalue weighted by molar-refractivity contribution is -0.117. The molecule has 0 radical (unpaired) electrons. The molecule has 6 nitrogen and oxygen atoms in total. The summed E-state index contributed by atoms with van der Waals surface area (Å²) < 4.78 is 5.31. The fraction of sp³-hybridized carbons (Fsp3) is 0.179. The molecule has 8 heteroatoms. The summed E-state index contributed by atoms with van der Waals surface area (Å²) in [4.78, 5) is 31.2. The van der Waals surface area contributed by atoms with E-state index in [1.165, 1.54) is 23.1 Å². The van der Waals surface area contributed by atoms with Crippen LogP contribution in [0.5, 0.6) is 5.75 Å². The third kappa shape index (κ3) is 5.95. The first-order valence-corrected chi connectivity index (χ1v) is 13.4. The summed E-state index contributed by atoms with van der Waals surface area (Å²) in [5, 5.41) is 7.93. The van der Waals surface area contributed by atoms with Crippen LogP contribution in [0.25, 0.3) is 11.3 Å². The summed E-state index contributed by atoms with van der Waals surface area (Å²) >= 11 is 2.82. The van der Waals surface area contributed by atoms with E-state index in [4.69, 9.17) is 4.74 Å². The predicted octanol–water partition coefficient (Wildman–Crippen LogP) is 6.64. The molecule has 1 atom stereocenters. The molecule has 36 heavy (non-hydrogen) atoms. The highest BCUT2D eigenvalue weighted by atomic mass is 32.2. The number of carbonyl (C=O) groups is 2. The molecule has 1 heterocycles. The van der Waals surface area contributed by atoms with E-state index in [-0.39, 0.29) is 17.7 Å². The molecular formula is C28H25N3O3S2. The summed E-state index contributed by atoms with van der Waals surface area (Å²) in [6.45, 7) is 0. The molecule has 0 spiro atoms. The van der Waals surface area contributed by atoms with Crippen LogP contribution in [0.3, 0.4) is 0 Å². The molecule has 1 saturated carbocycles. The van der Waals surface area contributed by atoms with E-state index in [0.717, 1.165) is 46.0 Å². The number of benzene rings is 3. The molecule has 1 aliphatic carbocycles. The van der Waals surface area contributed by atoms with Crippen LogP contribution in [0.4, 0.5) is 10.8 Å². The SMILES string of the molecule is COc1cccc(-c2csc(NC(=O)C(Sc3cccc(NC(=O)C4CC4)c3)c3ccccc3)n2)c1. The van der Waals surface area contributed by atoms with Crippen LogP contribution in [-0.4, -0.2) is 23.9 Å². The number of anilines is 2. The maximum Gasteiger partial charge on any atom is 0.244 e. The van der Waals surface area contributed by atoms with Gasteiger partial charge in [0.05, 0.1) is 12.8 Å². The summed E-state index contributed by atoms with van der Waals surface area (Å²) in [6.07, 6.45) is 1.90. The predicted molar refractivity (Wildman–Crippen MR) is 146 cm³/mol. The maximum atomic E-state index is 13.5. The van der Waals surface area contributed by atoms with Gasteiger partial charge in [-0.15, -0.1) is 23.1 Å². The van der Waals surface area contributed by atoms with Crippen molar-refractivity contribution in [3.05, 3.63) is 89.8 Å². The van der Waals surface area contributed by atoms with E-state index in [9.17, 15) is 9.59 Å². The first-order chi connectivity index (χ1) is 17.6. The normalized spacial score (nSPS) is 13.6. The van der Waals surface area contributed by atoms with Crippen LogP contribution in [0.15, 0.2) is 89.1 Å². The summed E-state index contributed by atoms with van der Waals surface area (Å²) in [7, 11) is 1.63. The second-order valence-corrected chi connectivity index (χ2v) is 10.5. The fourth-order valence-electron chi connectivity index (χ4n) is 3.69. The largest absolute Gasteiger partial charge is 0.497 e. The number of aromatic nitrogens is 1. The molecule has 3 aromatic carbocycles. The van der Waals surface area contributed by atoms with Crippen LogP contribution in [0, 0.1) is 5.92 Å². The second kappa shape index (κ2) is 11.0. The lowest BCUT2D eigenvalue weighted by atomic mass is 10.1. The quantitative estimate of drug-likeness (QED) is 0.244. The standard InChI is InChI=1S/C28H25N3O3S2/c1-34-22-11-5-9-20(15-22)24-17-35-28(30-24)31-27(33)25(18-7-3-2-4-8-18)36-23-12-6-10-21(16-23)29-26(32)19-13-14-19/h2-12,15-17,19,25H,13-14H2,1H3,(H,29,32)(H,30,31,33). The average Bonchev–Trinajstić information content (AvgIpc) is 3.67. The van der Waals surface area contributed by atoms with Crippen molar-refractivity contribution in [1.82, 2.24) is 4.98 Å². The highest BCUT2D eigenvalue weighted by Gasteiger charge is 2.29. The van der Waals surface area contributed by atoms with Crippen molar-refractivity contribution < 1.29 is 14.3 Å². The molecule has 4 aromatic rings. The molecule has 5 rings (SSSR count). The number of ether oxygens (including phenoxy) is 1. The van der Waals surface area contributed by atoms with Gasteiger partial charge in [0, 0.05) is 27.4 Å². The lowest BCUT2D eigenvalue weighted by Crippen LogP contribution is -2.19. The van der Waals surface area contributed by atoms with Gasteiger partial charge in [0.1, 0.15) is 11.0 Å². The Morgan fingerprint density at radius 2 is 1.81 bits per heavy atom. The smallest absolute Gasteiger partial charge is 0.244 e. The summed E-state index contributed by atoms with van der Waals surface area (Å²) in [5.74, 6) is 0.779. The highest BCUT2D eigenvalue weighted by Crippen LogP contribution is 2.38. The summed E-state index contributed by atoms with van der Waals surface area (Å²) in [6, 6.07) is 25.0. The first kappa shape index (κ1) is 24.1. The van der Waals surface area contributed by atoms with Crippen molar-refractivity contribution in [3.8, 4) is 17.0 Å². The van der Waals surface area contributed by atoms with E-state index < -0.39 is 5.25 Å². The molecule has 182 valence electrons. The van der Waals surface area contributed by atoms with Crippen molar-refractivity contribution in [1.29, 1.82) is 0 Å². The van der Waals surface area contributed by atoms with Gasteiger partial charge in [-0.05, 0) is 48.7 Å². The molecule has 0 bridgehead atoms. The molecule has 1 aliphatic rings. The minimum atomic E-state index is -0.496. The van der Waals surface area contributed by atoms with Crippen LogP contribution in [0.2, 0.25) is 0 Å². The van der Waals surface area contributed by atoms with E-state index in [1.54, 1.807) is 7.11 Å². The van der Waals surface area contributed by atoms with E-state index >= 15 is 0 Å². The molecule has 2 N–H and O–H groups in total. The van der Waals surface area contributed by atoms with Gasteiger partial charge in [-0.3, -0.25) is 9.59 Å². The van der Waals surface area contributed by atoms with Crippen LogP contribution in [-0.2, 0) is 9.59 Å². The Morgan fingerprint density at radius 3 is 2.58 bits per heavy atom. The van der Waals surface area contributed by atoms with Crippen molar-refractivity contribution in [2.75, 3.05) is 17.7 Å². The molecular weight excluding hydrogens is 490 g/mol. The number of methoxy groups -OCH3 is 1. The van der Waals surface area contributed by atoms with E-state index in [1.807, 2.05) is 84.2 Å². The van der Waals surface area contributed by atoms with Gasteiger partial charge in [-0.25, -0.2) is 4.98 Å². The monoisotopic (exact) mass is 515 g/mol. The zero-order chi connectivity index (χ0) is 24.9. The number of thioether (sulfide) groups is 1. The van der Waals surface area contributed by atoms with E-state index in [0.29, 0.717) is 5.13 Å². The lowest BCUT2D eigenvalue weighted by Gasteiger charge is -2.17. The minimum absolute atomic E-state index is 0.0603. The number of nitrogens with zero attached hydrogens (tertiary/aromatic N) is 1. The Hall–Kier alpha value is -3.62. The second-order valence-electron chi connectivity index (χ2n) is 8.46. The van der Waals surface area contributed by atoms with Crippen molar-refractivity contribution in [2.45, 2.75) is 23.0 Å². The van der Waals surface area contributed by atoms with Crippen molar-refractivity contribution in [2.24, 2.45) is 5.92 Å². The molecule has 2 amide bonds. The Balaban J connectivity index is 1.34. The van der Waals surface area contributed by atoms with Gasteiger partial charge in [-0.1, -0.05) is 48.5 Å². The average molecular weight is 516 g/mol. The number of thiazole rings is 1. The number of hydrogen-bond acceptors (Lipinski definition) is 6. The number of amides is 2. The Kier molecular flexibility index (Phi) is 7.34. The minimum Gasteiger partial charge on any atom is -0.497 e. The maximum absolute atomic E-state index is 13.5. The van der Waals surface area contributed by atoms with Crippen LogP contribution < -0.4 is 15.4 Å².